The van der Waals surface area contributed by atoms with E-state index in [0.29, 0.717) is 48.8 Å². The van der Waals surface area contributed by atoms with Crippen LogP contribution in [0, 0.1) is 5.82 Å². The molecule has 4 rings (SSSR count). The molecule has 11 heteroatoms. The molecular formula is C21H27FN6O3S. The smallest absolute Gasteiger partial charge is 0.321 e. The van der Waals surface area contributed by atoms with E-state index >= 15 is 0 Å². The summed E-state index contributed by atoms with van der Waals surface area (Å²) in [6.45, 7) is 2.50. The number of nitrogens with one attached hydrogen (secondary N) is 2. The van der Waals surface area contributed by atoms with Gasteiger partial charge < -0.3 is 15.0 Å². The van der Waals surface area contributed by atoms with Gasteiger partial charge in [-0.15, -0.1) is 10.2 Å². The van der Waals surface area contributed by atoms with Gasteiger partial charge in [0.25, 0.3) is 0 Å². The molecule has 1 saturated carbocycles. The molecule has 2 fully saturated rings. The van der Waals surface area contributed by atoms with Crippen LogP contribution >= 0.6 is 11.8 Å². The van der Waals surface area contributed by atoms with Gasteiger partial charge in [0, 0.05) is 31.3 Å². The summed E-state index contributed by atoms with van der Waals surface area (Å²) in [7, 11) is 0. The van der Waals surface area contributed by atoms with Crippen LogP contribution in [0.25, 0.3) is 5.69 Å². The molecule has 2 aliphatic rings. The van der Waals surface area contributed by atoms with Crippen molar-refractivity contribution in [3.63, 3.8) is 0 Å². The Morgan fingerprint density at radius 1 is 1.19 bits per heavy atom. The third-order valence-corrected chi connectivity index (χ3v) is 6.41. The number of thioether (sulfide) groups is 1. The maximum Gasteiger partial charge on any atom is 0.321 e. The van der Waals surface area contributed by atoms with E-state index in [0.717, 1.165) is 25.7 Å². The van der Waals surface area contributed by atoms with E-state index in [1.165, 1.54) is 23.9 Å². The Labute approximate surface area is 190 Å². The van der Waals surface area contributed by atoms with Crippen LogP contribution in [0.15, 0.2) is 29.4 Å². The SMILES string of the molecule is O=C(CCSc1nnc(N2CCOCC2)n1-c1cccc(F)c1)NC(=O)NC1CCCC1. The van der Waals surface area contributed by atoms with Gasteiger partial charge >= 0.3 is 6.03 Å². The number of benzene rings is 1. The molecule has 1 aromatic carbocycles. The number of amides is 3. The van der Waals surface area contributed by atoms with E-state index in [2.05, 4.69) is 20.8 Å². The number of halogens is 1. The first-order valence-electron chi connectivity index (χ1n) is 10.9. The van der Waals surface area contributed by atoms with E-state index in [9.17, 15) is 14.0 Å². The van der Waals surface area contributed by atoms with Crippen molar-refractivity contribution in [1.29, 1.82) is 0 Å². The molecule has 172 valence electrons. The number of carbonyl (C=O) groups is 2. The largest absolute Gasteiger partial charge is 0.378 e. The van der Waals surface area contributed by atoms with Gasteiger partial charge in [-0.3, -0.25) is 14.7 Å². The molecule has 3 amide bonds. The molecular weight excluding hydrogens is 435 g/mol. The number of ether oxygens (including phenoxy) is 1. The van der Waals surface area contributed by atoms with Gasteiger partial charge in [-0.25, -0.2) is 9.18 Å². The first kappa shape index (κ1) is 22.5. The van der Waals surface area contributed by atoms with Crippen molar-refractivity contribution in [1.82, 2.24) is 25.4 Å². The molecule has 1 aliphatic carbocycles. The Morgan fingerprint density at radius 2 is 1.97 bits per heavy atom. The topological polar surface area (TPSA) is 101 Å². The second-order valence-corrected chi connectivity index (χ2v) is 8.86. The molecule has 0 unspecified atom stereocenters. The van der Waals surface area contributed by atoms with E-state index in [-0.39, 0.29) is 24.2 Å². The lowest BCUT2D eigenvalue weighted by atomic mass is 10.2. The number of hydrogen-bond donors (Lipinski definition) is 2. The third kappa shape index (κ3) is 5.77. The number of imide groups is 1. The number of nitrogens with zero attached hydrogens (tertiary/aromatic N) is 4. The number of urea groups is 1. The molecule has 32 heavy (non-hydrogen) atoms. The van der Waals surface area contributed by atoms with Crippen molar-refractivity contribution in [2.45, 2.75) is 43.3 Å². The summed E-state index contributed by atoms with van der Waals surface area (Å²) < 4.78 is 21.1. The molecule has 0 radical (unpaired) electrons. The van der Waals surface area contributed by atoms with Crippen LogP contribution in [0.5, 0.6) is 0 Å². The first-order chi connectivity index (χ1) is 15.6. The zero-order chi connectivity index (χ0) is 22.3. The van der Waals surface area contributed by atoms with Crippen molar-refractivity contribution in [2.24, 2.45) is 0 Å². The molecule has 0 atom stereocenters. The summed E-state index contributed by atoms with van der Waals surface area (Å²) >= 11 is 1.34. The Morgan fingerprint density at radius 3 is 2.72 bits per heavy atom. The van der Waals surface area contributed by atoms with Crippen LogP contribution in [-0.4, -0.2) is 64.8 Å². The lowest BCUT2D eigenvalue weighted by Crippen LogP contribution is -2.43. The van der Waals surface area contributed by atoms with Gasteiger partial charge in [-0.05, 0) is 31.0 Å². The molecule has 0 spiro atoms. The Balaban J connectivity index is 1.39. The maximum absolute atomic E-state index is 13.9. The summed E-state index contributed by atoms with van der Waals surface area (Å²) in [6, 6.07) is 5.96. The minimum atomic E-state index is -0.440. The number of morpholine rings is 1. The van der Waals surface area contributed by atoms with Gasteiger partial charge in [-0.1, -0.05) is 30.7 Å². The van der Waals surface area contributed by atoms with Crippen molar-refractivity contribution in [3.05, 3.63) is 30.1 Å². The highest BCUT2D eigenvalue weighted by Gasteiger charge is 2.23. The number of carbonyl (C=O) groups excluding carboxylic acids is 2. The molecule has 2 N–H and O–H groups in total. The number of hydrogen-bond acceptors (Lipinski definition) is 7. The van der Waals surface area contributed by atoms with Gasteiger partial charge in [0.1, 0.15) is 5.82 Å². The lowest BCUT2D eigenvalue weighted by molar-refractivity contribution is -0.119. The minimum Gasteiger partial charge on any atom is -0.378 e. The monoisotopic (exact) mass is 462 g/mol. The van der Waals surface area contributed by atoms with Crippen molar-refractivity contribution >= 4 is 29.6 Å². The van der Waals surface area contributed by atoms with Gasteiger partial charge in [-0.2, -0.15) is 0 Å². The quantitative estimate of drug-likeness (QED) is 0.610. The molecule has 1 saturated heterocycles. The van der Waals surface area contributed by atoms with Crippen LogP contribution in [0.2, 0.25) is 0 Å². The summed E-state index contributed by atoms with van der Waals surface area (Å²) in [6.07, 6.45) is 4.27. The van der Waals surface area contributed by atoms with Crippen LogP contribution in [0.3, 0.4) is 0 Å². The van der Waals surface area contributed by atoms with Crippen LogP contribution in [0.4, 0.5) is 15.1 Å². The summed E-state index contributed by atoms with van der Waals surface area (Å²) in [5, 5.41) is 14.4. The Hall–Kier alpha value is -2.66. The highest BCUT2D eigenvalue weighted by Crippen LogP contribution is 2.28. The average Bonchev–Trinajstić information content (AvgIpc) is 3.44. The van der Waals surface area contributed by atoms with E-state index < -0.39 is 6.03 Å². The lowest BCUT2D eigenvalue weighted by Gasteiger charge is -2.27. The fraction of sp³-hybridized carbons (Fsp3) is 0.524. The van der Waals surface area contributed by atoms with Crippen LogP contribution in [-0.2, 0) is 9.53 Å². The Bertz CT molecular complexity index is 943. The van der Waals surface area contributed by atoms with Crippen molar-refractivity contribution < 1.29 is 18.7 Å². The van der Waals surface area contributed by atoms with Crippen LogP contribution < -0.4 is 15.5 Å². The summed E-state index contributed by atoms with van der Waals surface area (Å²) in [5.74, 6) is 0.312. The van der Waals surface area contributed by atoms with Gasteiger partial charge in [0.15, 0.2) is 5.16 Å². The second-order valence-electron chi connectivity index (χ2n) is 7.80. The number of aromatic nitrogens is 3. The maximum atomic E-state index is 13.9. The highest BCUT2D eigenvalue weighted by atomic mass is 32.2. The van der Waals surface area contributed by atoms with E-state index in [1.54, 1.807) is 16.7 Å². The zero-order valence-corrected chi connectivity index (χ0v) is 18.6. The first-order valence-corrected chi connectivity index (χ1v) is 11.9. The number of anilines is 1. The zero-order valence-electron chi connectivity index (χ0n) is 17.8. The highest BCUT2D eigenvalue weighted by molar-refractivity contribution is 7.99. The number of rotatable bonds is 7. The predicted molar refractivity (Wildman–Crippen MR) is 119 cm³/mol. The molecule has 0 bridgehead atoms. The predicted octanol–water partition coefficient (Wildman–Crippen LogP) is 2.49. The normalized spacial score (nSPS) is 16.8. The van der Waals surface area contributed by atoms with Crippen LogP contribution in [0.1, 0.15) is 32.1 Å². The molecule has 1 aromatic heterocycles. The summed E-state index contributed by atoms with van der Waals surface area (Å²) in [4.78, 5) is 26.2. The third-order valence-electron chi connectivity index (χ3n) is 5.48. The second kappa shape index (κ2) is 10.8. The minimum absolute atomic E-state index is 0.144. The van der Waals surface area contributed by atoms with Crippen molar-refractivity contribution in [3.8, 4) is 5.69 Å². The van der Waals surface area contributed by atoms with E-state index in [4.69, 9.17) is 4.74 Å². The standard InChI is InChI=1S/C21H27FN6O3S/c22-15-4-3-7-17(14-15)28-20(27-9-11-31-12-10-27)25-26-21(28)32-13-8-18(29)24-19(30)23-16-5-1-2-6-16/h3-4,7,14,16H,1-2,5-6,8-13H2,(H2,23,24,29,30). The van der Waals surface area contributed by atoms with Gasteiger partial charge in [0.05, 0.1) is 18.9 Å². The van der Waals surface area contributed by atoms with E-state index in [1.807, 2.05) is 4.90 Å². The molecule has 9 nitrogen and oxygen atoms in total. The van der Waals surface area contributed by atoms with Gasteiger partial charge in [0.2, 0.25) is 11.9 Å². The Kier molecular flexibility index (Phi) is 7.59. The summed E-state index contributed by atoms with van der Waals surface area (Å²) in [5.41, 5.74) is 0.611. The fourth-order valence-corrected chi connectivity index (χ4v) is 4.77. The fourth-order valence-electron chi connectivity index (χ4n) is 3.88. The molecule has 2 heterocycles. The molecule has 1 aliphatic heterocycles. The average molecular weight is 463 g/mol. The van der Waals surface area contributed by atoms with Crippen molar-refractivity contribution in [2.75, 3.05) is 37.0 Å². The molecule has 2 aromatic rings.